The van der Waals surface area contributed by atoms with Crippen LogP contribution in [0, 0.1) is 0 Å². The van der Waals surface area contributed by atoms with Crippen molar-refractivity contribution in [2.75, 3.05) is 18.6 Å². The molecule has 0 spiro atoms. The van der Waals surface area contributed by atoms with E-state index in [2.05, 4.69) is 21.2 Å². The molecule has 0 atom stereocenters. The van der Waals surface area contributed by atoms with E-state index in [1.54, 1.807) is 36.4 Å². The van der Waals surface area contributed by atoms with Gasteiger partial charge in [0, 0.05) is 4.47 Å². The number of carbonyl (C=O) groups excluding carboxylic acids is 3. The van der Waals surface area contributed by atoms with Gasteiger partial charge in [-0.1, -0.05) is 46.6 Å². The first-order chi connectivity index (χ1) is 18.3. The minimum absolute atomic E-state index is 0.236. The lowest BCUT2D eigenvalue weighted by Gasteiger charge is -2.26. The standard InChI is InChI=1S/C28H24BrClN2O6/c1-3-12-37-25-23(30)14-18(15-24(25)36-2)13-22-26(33)31-28(35)32(27(22)34)20-8-10-21(11-9-20)38-16-17-4-6-19(29)7-5-17/h4-11,13-15H,3,12,16H2,1-2H3,(H,31,33,35)/b22-13+. The first-order valence-electron chi connectivity index (χ1n) is 11.7. The lowest BCUT2D eigenvalue weighted by molar-refractivity contribution is -0.122. The van der Waals surface area contributed by atoms with E-state index in [1.165, 1.54) is 13.2 Å². The van der Waals surface area contributed by atoms with Crippen molar-refractivity contribution in [1.29, 1.82) is 0 Å². The van der Waals surface area contributed by atoms with E-state index in [9.17, 15) is 14.4 Å². The second-order valence-electron chi connectivity index (χ2n) is 8.25. The van der Waals surface area contributed by atoms with E-state index in [1.807, 2.05) is 31.2 Å². The fourth-order valence-corrected chi connectivity index (χ4v) is 4.20. The summed E-state index contributed by atoms with van der Waals surface area (Å²) in [5.74, 6) is -0.304. The minimum atomic E-state index is -0.848. The van der Waals surface area contributed by atoms with Gasteiger partial charge >= 0.3 is 6.03 Å². The summed E-state index contributed by atoms with van der Waals surface area (Å²) in [5, 5.41) is 2.48. The number of nitrogens with one attached hydrogen (secondary N) is 1. The van der Waals surface area contributed by atoms with Gasteiger partial charge in [0.05, 0.1) is 24.4 Å². The number of imide groups is 2. The number of amides is 4. The van der Waals surface area contributed by atoms with E-state index in [4.69, 9.17) is 25.8 Å². The Kier molecular flexibility index (Phi) is 8.70. The first-order valence-corrected chi connectivity index (χ1v) is 12.9. The number of anilines is 1. The van der Waals surface area contributed by atoms with Gasteiger partial charge in [-0.15, -0.1) is 0 Å². The van der Waals surface area contributed by atoms with Crippen molar-refractivity contribution >= 4 is 57.1 Å². The highest BCUT2D eigenvalue weighted by molar-refractivity contribution is 9.10. The third-order valence-corrected chi connectivity index (χ3v) is 6.34. The molecule has 3 aromatic carbocycles. The zero-order chi connectivity index (χ0) is 27.2. The molecule has 0 saturated carbocycles. The quantitative estimate of drug-likeness (QED) is 0.234. The van der Waals surface area contributed by atoms with Gasteiger partial charge in [0.1, 0.15) is 17.9 Å². The monoisotopic (exact) mass is 598 g/mol. The van der Waals surface area contributed by atoms with E-state index in [-0.39, 0.29) is 16.3 Å². The van der Waals surface area contributed by atoms with Crippen LogP contribution in [0.1, 0.15) is 24.5 Å². The van der Waals surface area contributed by atoms with Crippen LogP contribution in [0.3, 0.4) is 0 Å². The van der Waals surface area contributed by atoms with Crippen LogP contribution >= 0.6 is 27.5 Å². The lowest BCUT2D eigenvalue weighted by atomic mass is 10.1. The number of urea groups is 1. The van der Waals surface area contributed by atoms with Gasteiger partial charge in [-0.2, -0.15) is 0 Å². The second-order valence-corrected chi connectivity index (χ2v) is 9.57. The molecule has 10 heteroatoms. The molecule has 0 aliphatic carbocycles. The molecule has 3 aromatic rings. The maximum Gasteiger partial charge on any atom is 0.335 e. The second kappa shape index (κ2) is 12.1. The maximum absolute atomic E-state index is 13.3. The summed E-state index contributed by atoms with van der Waals surface area (Å²) in [5.41, 5.74) is 1.46. The van der Waals surface area contributed by atoms with Crippen molar-refractivity contribution < 1.29 is 28.6 Å². The molecule has 38 heavy (non-hydrogen) atoms. The Labute approximate surface area is 233 Å². The number of barbiturate groups is 1. The predicted octanol–water partition coefficient (Wildman–Crippen LogP) is 6.15. The maximum atomic E-state index is 13.3. The number of halogens is 2. The zero-order valence-corrected chi connectivity index (χ0v) is 23.0. The summed E-state index contributed by atoms with van der Waals surface area (Å²) in [6, 6.07) is 16.5. The molecule has 0 bridgehead atoms. The van der Waals surface area contributed by atoms with Crippen LogP contribution in [0.5, 0.6) is 17.2 Å². The lowest BCUT2D eigenvalue weighted by Crippen LogP contribution is -2.54. The molecule has 0 radical (unpaired) electrons. The fourth-order valence-electron chi connectivity index (χ4n) is 3.66. The van der Waals surface area contributed by atoms with E-state index >= 15 is 0 Å². The average molecular weight is 600 g/mol. The normalized spacial score (nSPS) is 14.5. The highest BCUT2D eigenvalue weighted by Gasteiger charge is 2.37. The van der Waals surface area contributed by atoms with E-state index in [0.717, 1.165) is 21.4 Å². The van der Waals surface area contributed by atoms with Crippen molar-refractivity contribution in [3.63, 3.8) is 0 Å². The molecule has 1 N–H and O–H groups in total. The van der Waals surface area contributed by atoms with E-state index < -0.39 is 17.8 Å². The van der Waals surface area contributed by atoms with Crippen LogP contribution in [-0.2, 0) is 16.2 Å². The van der Waals surface area contributed by atoms with Crippen molar-refractivity contribution in [2.24, 2.45) is 0 Å². The molecule has 1 aliphatic rings. The first kappa shape index (κ1) is 27.2. The van der Waals surface area contributed by atoms with Crippen molar-refractivity contribution in [3.8, 4) is 17.2 Å². The summed E-state index contributed by atoms with van der Waals surface area (Å²) in [6.07, 6.45) is 2.13. The fraction of sp³-hybridized carbons (Fsp3) is 0.179. The van der Waals surface area contributed by atoms with Gasteiger partial charge in [-0.25, -0.2) is 9.69 Å². The Morgan fingerprint density at radius 1 is 1.00 bits per heavy atom. The number of rotatable bonds is 9. The Morgan fingerprint density at radius 3 is 2.37 bits per heavy atom. The van der Waals surface area contributed by atoms with Crippen LogP contribution in [-0.4, -0.2) is 31.6 Å². The van der Waals surface area contributed by atoms with Crippen LogP contribution < -0.4 is 24.4 Å². The third-order valence-electron chi connectivity index (χ3n) is 5.53. The van der Waals surface area contributed by atoms with Crippen molar-refractivity contribution in [1.82, 2.24) is 5.32 Å². The SMILES string of the molecule is CCCOc1c(Cl)cc(/C=C2\C(=O)NC(=O)N(c3ccc(OCc4ccc(Br)cc4)cc3)C2=O)cc1OC. The predicted molar refractivity (Wildman–Crippen MR) is 148 cm³/mol. The van der Waals surface area contributed by atoms with Crippen LogP contribution in [0.25, 0.3) is 6.08 Å². The average Bonchev–Trinajstić information content (AvgIpc) is 2.90. The molecule has 1 heterocycles. The van der Waals surface area contributed by atoms with Gasteiger partial charge in [0.2, 0.25) is 0 Å². The molecule has 1 saturated heterocycles. The summed E-state index contributed by atoms with van der Waals surface area (Å²) in [7, 11) is 1.46. The third kappa shape index (κ3) is 6.17. The van der Waals surface area contributed by atoms with Crippen LogP contribution in [0.2, 0.25) is 5.02 Å². The molecular weight excluding hydrogens is 576 g/mol. The van der Waals surface area contributed by atoms with E-state index in [0.29, 0.717) is 36.0 Å². The Balaban J connectivity index is 1.55. The number of methoxy groups -OCH3 is 1. The molecule has 1 fully saturated rings. The van der Waals surface area contributed by atoms with Gasteiger partial charge < -0.3 is 14.2 Å². The molecule has 0 aromatic heterocycles. The Morgan fingerprint density at radius 2 is 1.71 bits per heavy atom. The van der Waals surface area contributed by atoms with Gasteiger partial charge in [-0.05, 0) is 72.2 Å². The van der Waals surface area contributed by atoms with Crippen LogP contribution in [0.4, 0.5) is 10.5 Å². The number of nitrogens with zero attached hydrogens (tertiary/aromatic N) is 1. The largest absolute Gasteiger partial charge is 0.493 e. The summed E-state index contributed by atoms with van der Waals surface area (Å²) in [4.78, 5) is 39.3. The Hall–Kier alpha value is -3.82. The molecule has 196 valence electrons. The molecule has 0 unspecified atom stereocenters. The smallest absolute Gasteiger partial charge is 0.335 e. The highest BCUT2D eigenvalue weighted by Crippen LogP contribution is 2.37. The van der Waals surface area contributed by atoms with Crippen LogP contribution in [0.15, 0.2) is 70.7 Å². The van der Waals surface area contributed by atoms with Crippen molar-refractivity contribution in [2.45, 2.75) is 20.0 Å². The highest BCUT2D eigenvalue weighted by atomic mass is 79.9. The number of benzene rings is 3. The number of hydrogen-bond acceptors (Lipinski definition) is 6. The Bertz CT molecular complexity index is 1390. The van der Waals surface area contributed by atoms with Crippen molar-refractivity contribution in [3.05, 3.63) is 86.9 Å². The molecular formula is C28H24BrClN2O6. The molecule has 8 nitrogen and oxygen atoms in total. The summed E-state index contributed by atoms with van der Waals surface area (Å²) in [6.45, 7) is 2.76. The zero-order valence-electron chi connectivity index (χ0n) is 20.6. The number of ether oxygens (including phenoxy) is 3. The summed E-state index contributed by atoms with van der Waals surface area (Å²) < 4.78 is 17.8. The topological polar surface area (TPSA) is 94.2 Å². The van der Waals surface area contributed by atoms with Gasteiger partial charge in [-0.3, -0.25) is 14.9 Å². The van der Waals surface area contributed by atoms with Gasteiger partial charge in [0.25, 0.3) is 11.8 Å². The molecule has 4 amide bonds. The van der Waals surface area contributed by atoms with Gasteiger partial charge in [0.15, 0.2) is 11.5 Å². The number of carbonyl (C=O) groups is 3. The molecule has 1 aliphatic heterocycles. The molecule has 4 rings (SSSR count). The summed E-state index contributed by atoms with van der Waals surface area (Å²) >= 11 is 9.77. The number of hydrogen-bond donors (Lipinski definition) is 1. The minimum Gasteiger partial charge on any atom is -0.493 e.